The fraction of sp³-hybridized carbons (Fsp3) is 0.278. The summed E-state index contributed by atoms with van der Waals surface area (Å²) in [7, 11) is -2.76. The lowest BCUT2D eigenvalue weighted by molar-refractivity contribution is -0.154. The first-order valence-electron chi connectivity index (χ1n) is 8.67. The maximum Gasteiger partial charge on any atom is 0.422 e. The van der Waals surface area contributed by atoms with Crippen molar-refractivity contribution in [2.45, 2.75) is 18.0 Å². The van der Waals surface area contributed by atoms with Crippen molar-refractivity contribution >= 4 is 21.8 Å². The van der Waals surface area contributed by atoms with Crippen LogP contribution in [0.15, 0.2) is 47.5 Å². The van der Waals surface area contributed by atoms with Crippen molar-refractivity contribution in [3.05, 3.63) is 53.7 Å². The molecule has 0 aliphatic heterocycles. The Balaban J connectivity index is 1.97. The Kier molecular flexibility index (Phi) is 7.57. The SMILES string of the molecule is Cc1ccc(S(=O)(=O)N(C)CC(=O)NNC(=O)c2cccnc2OCC(F)(F)F)cc1. The van der Waals surface area contributed by atoms with Gasteiger partial charge < -0.3 is 4.74 Å². The zero-order valence-corrected chi connectivity index (χ0v) is 17.2. The summed E-state index contributed by atoms with van der Waals surface area (Å²) in [6.07, 6.45) is -3.50. The predicted molar refractivity (Wildman–Crippen MR) is 102 cm³/mol. The van der Waals surface area contributed by atoms with Crippen molar-refractivity contribution in [2.75, 3.05) is 20.2 Å². The number of nitrogens with zero attached hydrogens (tertiary/aromatic N) is 2. The van der Waals surface area contributed by atoms with Crippen molar-refractivity contribution in [3.63, 3.8) is 0 Å². The number of aryl methyl sites for hydroxylation is 1. The van der Waals surface area contributed by atoms with Gasteiger partial charge in [0.05, 0.1) is 11.4 Å². The fourth-order valence-electron chi connectivity index (χ4n) is 2.24. The Morgan fingerprint density at radius 3 is 2.39 bits per heavy atom. The summed E-state index contributed by atoms with van der Waals surface area (Å²) in [4.78, 5) is 27.8. The largest absolute Gasteiger partial charge is 0.467 e. The molecule has 0 atom stereocenters. The van der Waals surface area contributed by atoms with Crippen LogP contribution in [-0.4, -0.2) is 55.9 Å². The molecular formula is C18H19F3N4O5S. The smallest absolute Gasteiger partial charge is 0.422 e. The molecule has 13 heteroatoms. The highest BCUT2D eigenvalue weighted by Crippen LogP contribution is 2.20. The van der Waals surface area contributed by atoms with E-state index in [1.165, 1.54) is 25.2 Å². The molecule has 0 spiro atoms. The molecule has 1 aromatic carbocycles. The monoisotopic (exact) mass is 460 g/mol. The van der Waals surface area contributed by atoms with Gasteiger partial charge in [-0.2, -0.15) is 17.5 Å². The number of hydrazine groups is 1. The number of benzene rings is 1. The molecule has 0 radical (unpaired) electrons. The van der Waals surface area contributed by atoms with Crippen LogP contribution in [-0.2, 0) is 14.8 Å². The number of alkyl halides is 3. The number of pyridine rings is 1. The van der Waals surface area contributed by atoms with E-state index in [0.29, 0.717) is 0 Å². The lowest BCUT2D eigenvalue weighted by Crippen LogP contribution is -2.46. The number of nitrogens with one attached hydrogen (secondary N) is 2. The molecule has 31 heavy (non-hydrogen) atoms. The van der Waals surface area contributed by atoms with Crippen LogP contribution in [0.4, 0.5) is 13.2 Å². The molecule has 168 valence electrons. The molecule has 0 saturated carbocycles. The molecule has 2 aromatic rings. The third-order valence-electron chi connectivity index (χ3n) is 3.80. The average molecular weight is 460 g/mol. The third-order valence-corrected chi connectivity index (χ3v) is 5.62. The first-order valence-corrected chi connectivity index (χ1v) is 10.1. The molecule has 2 N–H and O–H groups in total. The van der Waals surface area contributed by atoms with Crippen LogP contribution in [0.25, 0.3) is 0 Å². The number of likely N-dealkylation sites (N-methyl/N-ethyl adjacent to an activating group) is 1. The average Bonchev–Trinajstić information content (AvgIpc) is 2.70. The highest BCUT2D eigenvalue weighted by Gasteiger charge is 2.30. The Bertz CT molecular complexity index is 1040. The molecule has 9 nitrogen and oxygen atoms in total. The molecule has 0 fully saturated rings. The van der Waals surface area contributed by atoms with E-state index in [1.54, 1.807) is 19.1 Å². The first-order chi connectivity index (χ1) is 14.4. The highest BCUT2D eigenvalue weighted by atomic mass is 32.2. The summed E-state index contributed by atoms with van der Waals surface area (Å²) in [5.41, 5.74) is 4.48. The summed E-state index contributed by atoms with van der Waals surface area (Å²) in [6.45, 7) is -0.489. The number of carbonyl (C=O) groups excluding carboxylic acids is 2. The molecule has 0 bridgehead atoms. The third kappa shape index (κ3) is 6.93. The second kappa shape index (κ2) is 9.75. The summed E-state index contributed by atoms with van der Waals surface area (Å²) in [5.74, 6) is -2.46. The van der Waals surface area contributed by atoms with Crippen molar-refractivity contribution in [1.29, 1.82) is 0 Å². The molecule has 0 aliphatic carbocycles. The fourth-order valence-corrected chi connectivity index (χ4v) is 3.37. The summed E-state index contributed by atoms with van der Waals surface area (Å²) < 4.78 is 67.2. The molecule has 2 rings (SSSR count). The number of aromatic nitrogens is 1. The van der Waals surface area contributed by atoms with Crippen molar-refractivity contribution in [1.82, 2.24) is 20.1 Å². The Labute approximate surface area is 176 Å². The topological polar surface area (TPSA) is 118 Å². The Hall–Kier alpha value is -3.19. The van der Waals surface area contributed by atoms with Crippen molar-refractivity contribution < 1.29 is 35.9 Å². The number of carbonyl (C=O) groups is 2. The van der Waals surface area contributed by atoms with Gasteiger partial charge in [-0.1, -0.05) is 17.7 Å². The van der Waals surface area contributed by atoms with E-state index in [-0.39, 0.29) is 10.5 Å². The van der Waals surface area contributed by atoms with Crippen LogP contribution in [0.5, 0.6) is 5.88 Å². The van der Waals surface area contributed by atoms with E-state index in [1.807, 2.05) is 10.9 Å². The van der Waals surface area contributed by atoms with Crippen molar-refractivity contribution in [3.8, 4) is 5.88 Å². The van der Waals surface area contributed by atoms with E-state index in [9.17, 15) is 31.2 Å². The number of hydrogen-bond acceptors (Lipinski definition) is 6. The van der Waals surface area contributed by atoms with Gasteiger partial charge in [-0.3, -0.25) is 20.4 Å². The molecule has 1 heterocycles. The zero-order valence-electron chi connectivity index (χ0n) is 16.4. The zero-order chi connectivity index (χ0) is 23.2. The summed E-state index contributed by atoms with van der Waals surface area (Å²) in [5, 5.41) is 0. The quantitative estimate of drug-likeness (QED) is 0.604. The minimum atomic E-state index is -4.63. The molecule has 1 aromatic heterocycles. The maximum atomic E-state index is 12.5. The molecule has 0 aliphatic rings. The van der Waals surface area contributed by atoms with Crippen molar-refractivity contribution in [2.24, 2.45) is 0 Å². The van der Waals surface area contributed by atoms with Gasteiger partial charge in [0, 0.05) is 13.2 Å². The number of rotatable bonds is 7. The lowest BCUT2D eigenvalue weighted by atomic mass is 10.2. The predicted octanol–water partition coefficient (Wildman–Crippen LogP) is 1.41. The van der Waals surface area contributed by atoms with Gasteiger partial charge in [0.1, 0.15) is 5.56 Å². The highest BCUT2D eigenvalue weighted by molar-refractivity contribution is 7.89. The summed E-state index contributed by atoms with van der Waals surface area (Å²) >= 11 is 0. The van der Waals surface area contributed by atoms with E-state index in [2.05, 4.69) is 9.72 Å². The van der Waals surface area contributed by atoms with Crippen LogP contribution in [0.1, 0.15) is 15.9 Å². The second-order valence-electron chi connectivity index (χ2n) is 6.34. The van der Waals surface area contributed by atoms with E-state index >= 15 is 0 Å². The van der Waals surface area contributed by atoms with Gasteiger partial charge in [0.25, 0.3) is 11.8 Å². The number of ether oxygens (including phenoxy) is 1. The summed E-state index contributed by atoms with van der Waals surface area (Å²) in [6, 6.07) is 8.44. The number of hydrogen-bond donors (Lipinski definition) is 2. The molecule has 0 unspecified atom stereocenters. The second-order valence-corrected chi connectivity index (χ2v) is 8.38. The van der Waals surface area contributed by atoms with E-state index < -0.39 is 47.0 Å². The molecule has 2 amide bonds. The van der Waals surface area contributed by atoms with E-state index in [4.69, 9.17) is 0 Å². The van der Waals surface area contributed by atoms with Gasteiger partial charge in [-0.05, 0) is 31.2 Å². The van der Waals surface area contributed by atoms with Gasteiger partial charge in [-0.15, -0.1) is 0 Å². The van der Waals surface area contributed by atoms with Gasteiger partial charge >= 0.3 is 6.18 Å². The van der Waals surface area contributed by atoms with Crippen LogP contribution >= 0.6 is 0 Å². The number of halogens is 3. The lowest BCUT2D eigenvalue weighted by Gasteiger charge is -2.17. The Morgan fingerprint density at radius 1 is 1.13 bits per heavy atom. The maximum absolute atomic E-state index is 12.5. The van der Waals surface area contributed by atoms with E-state index in [0.717, 1.165) is 22.1 Å². The standard InChI is InChI=1S/C18H19F3N4O5S/c1-12-5-7-13(8-6-12)31(28,29)25(2)10-15(26)23-24-16(27)14-4-3-9-22-17(14)30-11-18(19,20)21/h3-9H,10-11H2,1-2H3,(H,23,26)(H,24,27). The van der Waals surface area contributed by atoms with Gasteiger partial charge in [-0.25, -0.2) is 13.4 Å². The van der Waals surface area contributed by atoms with Gasteiger partial charge in [0.15, 0.2) is 6.61 Å². The molecular weight excluding hydrogens is 441 g/mol. The Morgan fingerprint density at radius 2 is 1.77 bits per heavy atom. The van der Waals surface area contributed by atoms with Crippen LogP contribution in [0.2, 0.25) is 0 Å². The van der Waals surface area contributed by atoms with Crippen LogP contribution < -0.4 is 15.6 Å². The molecule has 0 saturated heterocycles. The first kappa shape index (κ1) is 24.1. The van der Waals surface area contributed by atoms with Crippen LogP contribution in [0, 0.1) is 6.92 Å². The number of amides is 2. The normalized spacial score (nSPS) is 11.8. The minimum Gasteiger partial charge on any atom is -0.467 e. The van der Waals surface area contributed by atoms with Gasteiger partial charge in [0.2, 0.25) is 15.9 Å². The minimum absolute atomic E-state index is 0.0146. The number of sulfonamides is 1. The van der Waals surface area contributed by atoms with Crippen LogP contribution in [0.3, 0.4) is 0 Å².